The zero-order valence-corrected chi connectivity index (χ0v) is 11.7. The summed E-state index contributed by atoms with van der Waals surface area (Å²) in [5.41, 5.74) is 0.282. The van der Waals surface area contributed by atoms with Gasteiger partial charge in [0.15, 0.2) is 16.5 Å². The molecule has 0 unspecified atom stereocenters. The van der Waals surface area contributed by atoms with Crippen molar-refractivity contribution < 1.29 is 9.90 Å². The molecule has 102 valence electrons. The van der Waals surface area contributed by atoms with Crippen LogP contribution in [0.1, 0.15) is 42.6 Å². The maximum absolute atomic E-state index is 11.5. The van der Waals surface area contributed by atoms with E-state index in [2.05, 4.69) is 9.88 Å². The highest BCUT2D eigenvalue weighted by atomic mass is 32.1. The first-order chi connectivity index (χ1) is 9.18. The molecular formula is C13H17N3O2S. The Morgan fingerprint density at radius 2 is 2.21 bits per heavy atom. The molecule has 2 aromatic heterocycles. The lowest BCUT2D eigenvalue weighted by Gasteiger charge is -2.31. The Hall–Kier alpha value is -1.56. The number of thiazole rings is 1. The van der Waals surface area contributed by atoms with E-state index in [0.717, 1.165) is 17.8 Å². The first-order valence-electron chi connectivity index (χ1n) is 6.60. The lowest BCUT2D eigenvalue weighted by atomic mass is 9.94. The van der Waals surface area contributed by atoms with Crippen LogP contribution < -0.4 is 4.90 Å². The predicted molar refractivity (Wildman–Crippen MR) is 75.3 cm³/mol. The number of carboxylic acids is 1. The molecular weight excluding hydrogens is 262 g/mol. The summed E-state index contributed by atoms with van der Waals surface area (Å²) in [7, 11) is 1.97. The first kappa shape index (κ1) is 12.5. The minimum absolute atomic E-state index is 0.282. The van der Waals surface area contributed by atoms with Gasteiger partial charge < -0.3 is 10.0 Å². The summed E-state index contributed by atoms with van der Waals surface area (Å²) in [6, 6.07) is 0.413. The van der Waals surface area contributed by atoms with Crippen LogP contribution in [0, 0.1) is 0 Å². The highest BCUT2D eigenvalue weighted by Crippen LogP contribution is 2.29. The van der Waals surface area contributed by atoms with Crippen LogP contribution in [0.25, 0.3) is 4.96 Å². The van der Waals surface area contributed by atoms with Crippen LogP contribution in [0.3, 0.4) is 0 Å². The van der Waals surface area contributed by atoms with Crippen LogP contribution in [-0.4, -0.2) is 33.6 Å². The lowest BCUT2D eigenvalue weighted by Crippen LogP contribution is -2.34. The molecule has 2 aromatic rings. The topological polar surface area (TPSA) is 57.8 Å². The Kier molecular flexibility index (Phi) is 3.18. The number of anilines is 1. The zero-order chi connectivity index (χ0) is 13.4. The molecule has 0 atom stereocenters. The Balaban J connectivity index is 2.00. The van der Waals surface area contributed by atoms with Crippen molar-refractivity contribution in [3.63, 3.8) is 0 Å². The fourth-order valence-corrected chi connectivity index (χ4v) is 3.57. The van der Waals surface area contributed by atoms with Crippen LogP contribution in [0.2, 0.25) is 0 Å². The van der Waals surface area contributed by atoms with Crippen molar-refractivity contribution in [1.29, 1.82) is 0 Å². The third-order valence-electron chi connectivity index (χ3n) is 3.90. The van der Waals surface area contributed by atoms with Crippen molar-refractivity contribution in [2.75, 3.05) is 11.9 Å². The number of aromatic nitrogens is 2. The second-order valence-corrected chi connectivity index (χ2v) is 5.92. The van der Waals surface area contributed by atoms with Crippen molar-refractivity contribution in [3.8, 4) is 0 Å². The second-order valence-electron chi connectivity index (χ2n) is 5.05. The first-order valence-corrected chi connectivity index (χ1v) is 7.48. The van der Waals surface area contributed by atoms with Gasteiger partial charge in [-0.2, -0.15) is 0 Å². The molecule has 0 radical (unpaired) electrons. The molecule has 0 aliphatic heterocycles. The van der Waals surface area contributed by atoms with Gasteiger partial charge in [0, 0.05) is 24.7 Å². The molecule has 6 heteroatoms. The third-order valence-corrected chi connectivity index (χ3v) is 4.66. The molecule has 19 heavy (non-hydrogen) atoms. The van der Waals surface area contributed by atoms with E-state index in [0.29, 0.717) is 11.9 Å². The number of hydrogen-bond donors (Lipinski definition) is 1. The minimum Gasteiger partial charge on any atom is -0.476 e. The van der Waals surface area contributed by atoms with Gasteiger partial charge in [-0.1, -0.05) is 19.3 Å². The van der Waals surface area contributed by atoms with Crippen LogP contribution in [0.15, 0.2) is 11.6 Å². The maximum Gasteiger partial charge on any atom is 0.356 e. The van der Waals surface area contributed by atoms with Crippen molar-refractivity contribution in [1.82, 2.24) is 9.38 Å². The Morgan fingerprint density at radius 1 is 1.47 bits per heavy atom. The van der Waals surface area contributed by atoms with Crippen LogP contribution >= 0.6 is 11.3 Å². The standard InChI is InChI=1S/C13H17N3O2S/c1-15(9-5-3-2-4-6-9)11-10(12(17)18)16-7-8-19-13(16)14-11/h7-9H,2-6H2,1H3,(H,17,18). The summed E-state index contributed by atoms with van der Waals surface area (Å²) in [5, 5.41) is 11.3. The van der Waals surface area contributed by atoms with Gasteiger partial charge in [0.2, 0.25) is 0 Å². The number of aromatic carboxylic acids is 1. The molecule has 1 aliphatic carbocycles. The van der Waals surface area contributed by atoms with E-state index in [9.17, 15) is 9.90 Å². The van der Waals surface area contributed by atoms with E-state index < -0.39 is 5.97 Å². The molecule has 2 heterocycles. The molecule has 1 fully saturated rings. The molecule has 3 rings (SSSR count). The van der Waals surface area contributed by atoms with Gasteiger partial charge in [-0.05, 0) is 12.8 Å². The number of nitrogens with zero attached hydrogens (tertiary/aromatic N) is 3. The zero-order valence-electron chi connectivity index (χ0n) is 10.9. The number of fused-ring (bicyclic) bond motifs is 1. The molecule has 0 spiro atoms. The molecule has 0 amide bonds. The Bertz CT molecular complexity index is 598. The average Bonchev–Trinajstić information content (AvgIpc) is 2.98. The maximum atomic E-state index is 11.5. The smallest absolute Gasteiger partial charge is 0.356 e. The fraction of sp³-hybridized carbons (Fsp3) is 0.538. The summed E-state index contributed by atoms with van der Waals surface area (Å²) in [4.78, 5) is 18.8. The quantitative estimate of drug-likeness (QED) is 0.938. The molecule has 0 bridgehead atoms. The summed E-state index contributed by atoms with van der Waals surface area (Å²) < 4.78 is 1.67. The number of rotatable bonds is 3. The average molecular weight is 279 g/mol. The molecule has 1 saturated carbocycles. The van der Waals surface area contributed by atoms with Gasteiger partial charge in [-0.25, -0.2) is 9.78 Å². The second kappa shape index (κ2) is 4.85. The van der Waals surface area contributed by atoms with Gasteiger partial charge in [-0.3, -0.25) is 4.40 Å². The minimum atomic E-state index is -0.913. The van der Waals surface area contributed by atoms with E-state index >= 15 is 0 Å². The monoisotopic (exact) mass is 279 g/mol. The predicted octanol–water partition coefficient (Wildman–Crippen LogP) is 2.86. The number of imidazole rings is 1. The van der Waals surface area contributed by atoms with E-state index in [1.165, 1.54) is 30.6 Å². The van der Waals surface area contributed by atoms with Crippen LogP contribution in [0.5, 0.6) is 0 Å². The molecule has 0 aromatic carbocycles. The molecule has 0 saturated heterocycles. The molecule has 1 aliphatic rings. The highest BCUT2D eigenvalue weighted by Gasteiger charge is 2.27. The van der Waals surface area contributed by atoms with Crippen molar-refractivity contribution in [2.24, 2.45) is 0 Å². The van der Waals surface area contributed by atoms with Gasteiger partial charge in [0.1, 0.15) is 0 Å². The van der Waals surface area contributed by atoms with Gasteiger partial charge in [0.05, 0.1) is 0 Å². The van der Waals surface area contributed by atoms with Gasteiger partial charge in [-0.15, -0.1) is 11.3 Å². The van der Waals surface area contributed by atoms with Crippen molar-refractivity contribution in [3.05, 3.63) is 17.3 Å². The summed E-state index contributed by atoms with van der Waals surface area (Å²) in [6.07, 6.45) is 7.75. The summed E-state index contributed by atoms with van der Waals surface area (Å²) >= 11 is 1.47. The number of hydrogen-bond acceptors (Lipinski definition) is 4. The fourth-order valence-electron chi connectivity index (χ4n) is 2.86. The number of carboxylic acid groups (broad SMARTS) is 1. The van der Waals surface area contributed by atoms with Gasteiger partial charge in [0.25, 0.3) is 0 Å². The van der Waals surface area contributed by atoms with Crippen molar-refractivity contribution >= 4 is 28.1 Å². The Labute approximate surface area is 115 Å². The lowest BCUT2D eigenvalue weighted by molar-refractivity contribution is 0.0690. The SMILES string of the molecule is CN(c1nc2sccn2c1C(=O)O)C1CCCCC1. The summed E-state index contributed by atoms with van der Waals surface area (Å²) in [6.45, 7) is 0. The molecule has 5 nitrogen and oxygen atoms in total. The van der Waals surface area contributed by atoms with Gasteiger partial charge >= 0.3 is 5.97 Å². The Morgan fingerprint density at radius 3 is 2.89 bits per heavy atom. The molecule has 1 N–H and O–H groups in total. The number of carbonyl (C=O) groups is 1. The van der Waals surface area contributed by atoms with E-state index in [-0.39, 0.29) is 5.69 Å². The summed E-state index contributed by atoms with van der Waals surface area (Å²) in [5.74, 6) is -0.310. The van der Waals surface area contributed by atoms with E-state index in [1.807, 2.05) is 12.4 Å². The van der Waals surface area contributed by atoms with Crippen molar-refractivity contribution in [2.45, 2.75) is 38.1 Å². The van der Waals surface area contributed by atoms with Crippen LogP contribution in [-0.2, 0) is 0 Å². The largest absolute Gasteiger partial charge is 0.476 e. The normalized spacial score (nSPS) is 16.9. The van der Waals surface area contributed by atoms with Crippen LogP contribution in [0.4, 0.5) is 5.82 Å². The van der Waals surface area contributed by atoms with E-state index in [1.54, 1.807) is 10.6 Å². The van der Waals surface area contributed by atoms with E-state index in [4.69, 9.17) is 0 Å². The highest BCUT2D eigenvalue weighted by molar-refractivity contribution is 7.15. The third kappa shape index (κ3) is 2.10.